The average molecular weight is 450 g/mol. The number of benzene rings is 2. The van der Waals surface area contributed by atoms with Crippen LogP contribution in [0, 0.1) is 0 Å². The molecule has 2 amide bonds. The lowest BCUT2D eigenvalue weighted by atomic mass is 10.1. The Balaban J connectivity index is 1.42. The van der Waals surface area contributed by atoms with E-state index in [0.29, 0.717) is 35.2 Å². The molecule has 0 aliphatic carbocycles. The van der Waals surface area contributed by atoms with Crippen LogP contribution in [0.25, 0.3) is 11.1 Å². The zero-order chi connectivity index (χ0) is 22.1. The third-order valence-corrected chi connectivity index (χ3v) is 6.68. The van der Waals surface area contributed by atoms with Gasteiger partial charge in [0.05, 0.1) is 28.8 Å². The summed E-state index contributed by atoms with van der Waals surface area (Å²) in [6.07, 6.45) is -0.538. The van der Waals surface area contributed by atoms with Gasteiger partial charge in [-0.2, -0.15) is 0 Å². The number of carbonyl (C=O) groups excluding carboxylic acids is 2. The molecule has 3 aromatic rings. The molecule has 0 unspecified atom stereocenters. The van der Waals surface area contributed by atoms with Crippen LogP contribution in [0.4, 0.5) is 16.4 Å². The first kappa shape index (κ1) is 20.5. The second-order valence-corrected chi connectivity index (χ2v) is 8.74. The Kier molecular flexibility index (Phi) is 5.55. The highest BCUT2D eigenvalue weighted by atomic mass is 32.1. The zero-order valence-electron chi connectivity index (χ0n) is 17.6. The molecule has 1 saturated heterocycles. The SMILES string of the molecule is C[C@@H]1Oc2ccc(NC(=O)c3cc(-c4ccccc4)c(N4CCOCC4)s3)cc2NC1=O. The predicted molar refractivity (Wildman–Crippen MR) is 126 cm³/mol. The van der Waals surface area contributed by atoms with Crippen LogP contribution in [0.1, 0.15) is 16.6 Å². The van der Waals surface area contributed by atoms with E-state index < -0.39 is 6.10 Å². The van der Waals surface area contributed by atoms with Crippen molar-refractivity contribution in [3.05, 3.63) is 59.5 Å². The molecule has 1 atom stereocenters. The van der Waals surface area contributed by atoms with E-state index in [1.165, 1.54) is 11.3 Å². The molecule has 0 bridgehead atoms. The van der Waals surface area contributed by atoms with E-state index >= 15 is 0 Å². The molecule has 32 heavy (non-hydrogen) atoms. The molecule has 2 aliphatic heterocycles. The first-order valence-corrected chi connectivity index (χ1v) is 11.3. The molecule has 7 nitrogen and oxygen atoms in total. The van der Waals surface area contributed by atoms with Gasteiger partial charge in [-0.1, -0.05) is 30.3 Å². The van der Waals surface area contributed by atoms with Crippen LogP contribution in [0.15, 0.2) is 54.6 Å². The summed E-state index contributed by atoms with van der Waals surface area (Å²) in [7, 11) is 0. The number of rotatable bonds is 4. The summed E-state index contributed by atoms with van der Waals surface area (Å²) in [6.45, 7) is 4.64. The van der Waals surface area contributed by atoms with Crippen LogP contribution in [-0.4, -0.2) is 44.2 Å². The summed E-state index contributed by atoms with van der Waals surface area (Å²) in [6, 6.07) is 17.3. The third-order valence-electron chi connectivity index (χ3n) is 5.49. The van der Waals surface area contributed by atoms with Gasteiger partial charge in [0, 0.05) is 24.3 Å². The van der Waals surface area contributed by atoms with Crippen molar-refractivity contribution in [1.29, 1.82) is 0 Å². The fourth-order valence-electron chi connectivity index (χ4n) is 3.80. The van der Waals surface area contributed by atoms with E-state index in [1.54, 1.807) is 25.1 Å². The summed E-state index contributed by atoms with van der Waals surface area (Å²) >= 11 is 1.48. The van der Waals surface area contributed by atoms with Crippen LogP contribution in [-0.2, 0) is 9.53 Å². The topological polar surface area (TPSA) is 79.9 Å². The van der Waals surface area contributed by atoms with E-state index in [1.807, 2.05) is 24.3 Å². The lowest BCUT2D eigenvalue weighted by molar-refractivity contribution is -0.122. The van der Waals surface area contributed by atoms with E-state index in [0.717, 1.165) is 29.2 Å². The third kappa shape index (κ3) is 4.06. The first-order chi connectivity index (χ1) is 15.6. The molecular formula is C24H23N3O4S. The number of amides is 2. The Morgan fingerprint density at radius 2 is 1.91 bits per heavy atom. The number of nitrogens with zero attached hydrogens (tertiary/aromatic N) is 1. The Labute approximate surface area is 190 Å². The van der Waals surface area contributed by atoms with Gasteiger partial charge in [-0.05, 0) is 36.8 Å². The fraction of sp³-hybridized carbons (Fsp3) is 0.250. The summed E-state index contributed by atoms with van der Waals surface area (Å²) in [4.78, 5) is 27.9. The maximum atomic E-state index is 13.1. The largest absolute Gasteiger partial charge is 0.479 e. The summed E-state index contributed by atoms with van der Waals surface area (Å²) < 4.78 is 11.1. The number of thiophene rings is 1. The number of fused-ring (bicyclic) bond motifs is 1. The van der Waals surface area contributed by atoms with E-state index in [2.05, 4.69) is 27.7 Å². The van der Waals surface area contributed by atoms with Crippen molar-refractivity contribution in [2.45, 2.75) is 13.0 Å². The number of nitrogens with one attached hydrogen (secondary N) is 2. The van der Waals surface area contributed by atoms with E-state index in [9.17, 15) is 9.59 Å². The molecule has 0 saturated carbocycles. The number of anilines is 3. The Hall–Kier alpha value is -3.36. The molecule has 2 aliphatic rings. The van der Waals surface area contributed by atoms with Crippen molar-refractivity contribution >= 4 is 39.5 Å². The van der Waals surface area contributed by atoms with Gasteiger partial charge in [0.25, 0.3) is 11.8 Å². The molecule has 164 valence electrons. The van der Waals surface area contributed by atoms with Gasteiger partial charge in [0.1, 0.15) is 5.75 Å². The van der Waals surface area contributed by atoms with Gasteiger partial charge in [-0.15, -0.1) is 11.3 Å². The molecular weight excluding hydrogens is 426 g/mol. The molecule has 0 spiro atoms. The standard InChI is InChI=1S/C24H23N3O4S/c1-15-22(28)26-19-13-17(7-8-20(19)31-15)25-23(29)21-14-18(16-5-3-2-4-6-16)24(32-21)27-9-11-30-12-10-27/h2-8,13-15H,9-12H2,1H3,(H,25,29)(H,26,28)/t15-/m0/s1. The maximum absolute atomic E-state index is 13.1. The number of morpholine rings is 1. The monoisotopic (exact) mass is 449 g/mol. The van der Waals surface area contributed by atoms with Crippen LogP contribution >= 0.6 is 11.3 Å². The number of hydrogen-bond donors (Lipinski definition) is 2. The Bertz CT molecular complexity index is 1160. The van der Waals surface area contributed by atoms with Crippen LogP contribution in [0.3, 0.4) is 0 Å². The smallest absolute Gasteiger partial charge is 0.265 e. The van der Waals surface area contributed by atoms with Crippen LogP contribution in [0.5, 0.6) is 5.75 Å². The van der Waals surface area contributed by atoms with Gasteiger partial charge >= 0.3 is 0 Å². The highest BCUT2D eigenvalue weighted by Crippen LogP contribution is 2.40. The minimum atomic E-state index is -0.538. The predicted octanol–water partition coefficient (Wildman–Crippen LogP) is 4.22. The Morgan fingerprint density at radius 3 is 2.69 bits per heavy atom. The summed E-state index contributed by atoms with van der Waals surface area (Å²) in [5, 5.41) is 6.83. The molecule has 1 aromatic heterocycles. The van der Waals surface area contributed by atoms with E-state index in [4.69, 9.17) is 9.47 Å². The van der Waals surface area contributed by atoms with Gasteiger partial charge in [-0.3, -0.25) is 9.59 Å². The van der Waals surface area contributed by atoms with Crippen molar-refractivity contribution in [3.63, 3.8) is 0 Å². The van der Waals surface area contributed by atoms with Crippen molar-refractivity contribution in [3.8, 4) is 16.9 Å². The molecule has 3 heterocycles. The molecule has 5 rings (SSSR count). The lowest BCUT2D eigenvalue weighted by Gasteiger charge is -2.28. The minimum Gasteiger partial charge on any atom is -0.479 e. The number of ether oxygens (including phenoxy) is 2. The Morgan fingerprint density at radius 1 is 1.12 bits per heavy atom. The zero-order valence-corrected chi connectivity index (χ0v) is 18.4. The average Bonchev–Trinajstić information content (AvgIpc) is 3.27. The molecule has 1 fully saturated rings. The number of hydrogen-bond acceptors (Lipinski definition) is 6. The highest BCUT2D eigenvalue weighted by molar-refractivity contribution is 7.18. The molecule has 2 aromatic carbocycles. The minimum absolute atomic E-state index is 0.192. The van der Waals surface area contributed by atoms with Crippen LogP contribution < -0.4 is 20.3 Å². The van der Waals surface area contributed by atoms with Crippen molar-refractivity contribution < 1.29 is 19.1 Å². The summed E-state index contributed by atoms with van der Waals surface area (Å²) in [5.74, 6) is 0.192. The van der Waals surface area contributed by atoms with Crippen molar-refractivity contribution in [1.82, 2.24) is 0 Å². The van der Waals surface area contributed by atoms with Gasteiger partial charge in [0.2, 0.25) is 0 Å². The lowest BCUT2D eigenvalue weighted by Crippen LogP contribution is -2.35. The van der Waals surface area contributed by atoms with Crippen molar-refractivity contribution in [2.75, 3.05) is 41.8 Å². The quantitative estimate of drug-likeness (QED) is 0.623. The second-order valence-electron chi connectivity index (χ2n) is 7.71. The molecule has 0 radical (unpaired) electrons. The van der Waals surface area contributed by atoms with Gasteiger partial charge < -0.3 is 25.0 Å². The van der Waals surface area contributed by atoms with Crippen molar-refractivity contribution in [2.24, 2.45) is 0 Å². The first-order valence-electron chi connectivity index (χ1n) is 10.5. The molecule has 8 heteroatoms. The summed E-state index contributed by atoms with van der Waals surface area (Å²) in [5.41, 5.74) is 3.26. The fourth-order valence-corrected chi connectivity index (χ4v) is 4.93. The second kappa shape index (κ2) is 8.64. The van der Waals surface area contributed by atoms with Crippen LogP contribution in [0.2, 0.25) is 0 Å². The normalized spacial score (nSPS) is 17.8. The highest BCUT2D eigenvalue weighted by Gasteiger charge is 2.25. The van der Waals surface area contributed by atoms with Gasteiger partial charge in [0.15, 0.2) is 6.10 Å². The maximum Gasteiger partial charge on any atom is 0.265 e. The number of carbonyl (C=O) groups is 2. The van der Waals surface area contributed by atoms with Gasteiger partial charge in [-0.25, -0.2) is 0 Å². The molecule has 2 N–H and O–H groups in total. The van der Waals surface area contributed by atoms with E-state index in [-0.39, 0.29) is 11.8 Å².